The normalized spacial score (nSPS) is 10.7. The molecular weight excluding hydrogens is 394 g/mol. The summed E-state index contributed by atoms with van der Waals surface area (Å²) >= 11 is 1.80. The topological polar surface area (TPSA) is 68.0 Å². The maximum absolute atomic E-state index is 12.3. The molecule has 5 nitrogen and oxygen atoms in total. The van der Waals surface area contributed by atoms with Crippen LogP contribution in [0.4, 0.5) is 0 Å². The van der Waals surface area contributed by atoms with E-state index in [9.17, 15) is 4.79 Å². The smallest absolute Gasteiger partial charge is 0.251 e. The summed E-state index contributed by atoms with van der Waals surface area (Å²) in [6, 6.07) is 27.1. The lowest BCUT2D eigenvalue weighted by molar-refractivity contribution is 0.0956. The number of nitrogens with one attached hydrogen (secondary N) is 1. The first-order valence-electron chi connectivity index (χ1n) is 9.69. The van der Waals surface area contributed by atoms with E-state index >= 15 is 0 Å². The maximum Gasteiger partial charge on any atom is 0.251 e. The fraction of sp³-hybridized carbons (Fsp3) is 0.125. The van der Waals surface area contributed by atoms with Crippen molar-refractivity contribution >= 4 is 17.7 Å². The first-order valence-corrected chi connectivity index (χ1v) is 10.8. The predicted molar refractivity (Wildman–Crippen MR) is 120 cm³/mol. The number of carbonyl (C=O) groups is 1. The lowest BCUT2D eigenvalue weighted by atomic mass is 10.1. The average molecular weight is 416 g/mol. The summed E-state index contributed by atoms with van der Waals surface area (Å²) in [5, 5.41) is 11.2. The first kappa shape index (κ1) is 19.9. The molecule has 3 aromatic carbocycles. The van der Waals surface area contributed by atoms with E-state index in [1.54, 1.807) is 23.9 Å². The van der Waals surface area contributed by atoms with Gasteiger partial charge in [0.1, 0.15) is 0 Å². The van der Waals surface area contributed by atoms with Gasteiger partial charge in [0.25, 0.3) is 5.91 Å². The lowest BCUT2D eigenvalue weighted by Gasteiger charge is -2.06. The molecule has 0 radical (unpaired) electrons. The minimum atomic E-state index is -0.0858. The monoisotopic (exact) mass is 415 g/mol. The van der Waals surface area contributed by atoms with Gasteiger partial charge < -0.3 is 9.73 Å². The Bertz CT molecular complexity index is 1080. The van der Waals surface area contributed by atoms with E-state index in [1.165, 1.54) is 5.56 Å². The summed E-state index contributed by atoms with van der Waals surface area (Å²) in [6.45, 7) is 0.627. The third-order valence-electron chi connectivity index (χ3n) is 4.48. The van der Waals surface area contributed by atoms with Gasteiger partial charge in [-0.1, -0.05) is 48.5 Å². The SMILES string of the molecule is O=C(NCCSCc1ccccc1)c1ccc(-c2nnc(-c3ccccc3)o2)cc1. The molecule has 0 saturated carbocycles. The van der Waals surface area contributed by atoms with Crippen LogP contribution < -0.4 is 5.32 Å². The van der Waals surface area contributed by atoms with Crippen molar-refractivity contribution in [3.05, 3.63) is 96.1 Å². The summed E-state index contributed by atoms with van der Waals surface area (Å²) in [5.41, 5.74) is 3.55. The summed E-state index contributed by atoms with van der Waals surface area (Å²) in [6.07, 6.45) is 0. The molecule has 0 aliphatic rings. The summed E-state index contributed by atoms with van der Waals surface area (Å²) in [5.74, 6) is 2.62. The molecule has 0 atom stereocenters. The zero-order valence-electron chi connectivity index (χ0n) is 16.3. The van der Waals surface area contributed by atoms with Crippen LogP contribution in [0.1, 0.15) is 15.9 Å². The van der Waals surface area contributed by atoms with E-state index in [0.717, 1.165) is 22.6 Å². The Morgan fingerprint density at radius 3 is 2.07 bits per heavy atom. The molecule has 0 bridgehead atoms. The summed E-state index contributed by atoms with van der Waals surface area (Å²) < 4.78 is 5.76. The minimum absolute atomic E-state index is 0.0858. The Labute approximate surface area is 179 Å². The molecule has 0 aliphatic heterocycles. The molecule has 1 heterocycles. The first-order chi connectivity index (χ1) is 14.8. The van der Waals surface area contributed by atoms with Crippen LogP contribution in [0.25, 0.3) is 22.9 Å². The molecule has 6 heteroatoms. The van der Waals surface area contributed by atoms with Gasteiger partial charge in [0, 0.05) is 34.7 Å². The molecule has 150 valence electrons. The summed E-state index contributed by atoms with van der Waals surface area (Å²) in [7, 11) is 0. The molecule has 0 aliphatic carbocycles. The Kier molecular flexibility index (Phi) is 6.57. The average Bonchev–Trinajstić information content (AvgIpc) is 3.30. The molecule has 1 amide bonds. The van der Waals surface area contributed by atoms with E-state index < -0.39 is 0 Å². The molecule has 0 unspecified atom stereocenters. The predicted octanol–water partition coefficient (Wildman–Crippen LogP) is 5.07. The van der Waals surface area contributed by atoms with E-state index in [2.05, 4.69) is 27.6 Å². The van der Waals surface area contributed by atoms with E-state index in [-0.39, 0.29) is 5.91 Å². The molecule has 0 fully saturated rings. The second-order valence-electron chi connectivity index (χ2n) is 6.65. The number of nitrogens with zero attached hydrogens (tertiary/aromatic N) is 2. The molecule has 1 aromatic heterocycles. The van der Waals surface area contributed by atoms with E-state index in [0.29, 0.717) is 23.9 Å². The van der Waals surface area contributed by atoms with Crippen molar-refractivity contribution < 1.29 is 9.21 Å². The molecule has 4 rings (SSSR count). The number of rotatable bonds is 8. The summed E-state index contributed by atoms with van der Waals surface area (Å²) in [4.78, 5) is 12.3. The van der Waals surface area contributed by atoms with Crippen LogP contribution in [0.3, 0.4) is 0 Å². The van der Waals surface area contributed by atoms with Gasteiger partial charge in [-0.05, 0) is 42.0 Å². The quantitative estimate of drug-likeness (QED) is 0.407. The number of hydrogen-bond donors (Lipinski definition) is 1. The molecule has 0 spiro atoms. The van der Waals surface area contributed by atoms with Gasteiger partial charge in [-0.3, -0.25) is 4.79 Å². The molecule has 4 aromatic rings. The molecular formula is C24H21N3O2S. The van der Waals surface area contributed by atoms with Crippen molar-refractivity contribution in [2.75, 3.05) is 12.3 Å². The van der Waals surface area contributed by atoms with Crippen molar-refractivity contribution in [1.82, 2.24) is 15.5 Å². The fourth-order valence-corrected chi connectivity index (χ4v) is 3.72. The fourth-order valence-electron chi connectivity index (χ4n) is 2.90. The van der Waals surface area contributed by atoms with Crippen LogP contribution in [-0.2, 0) is 5.75 Å². The molecule has 1 N–H and O–H groups in total. The standard InChI is InChI=1S/C24H21N3O2S/c28-22(25-15-16-30-17-18-7-3-1-4-8-18)19-11-13-21(14-12-19)24-27-26-23(29-24)20-9-5-2-6-10-20/h1-14H,15-17H2,(H,25,28). The Morgan fingerprint density at radius 1 is 0.800 bits per heavy atom. The zero-order valence-corrected chi connectivity index (χ0v) is 17.1. The van der Waals surface area contributed by atoms with Crippen molar-refractivity contribution in [3.63, 3.8) is 0 Å². The lowest BCUT2D eigenvalue weighted by Crippen LogP contribution is -2.25. The Balaban J connectivity index is 1.28. The number of carbonyl (C=O) groups excluding carboxylic acids is 1. The second-order valence-corrected chi connectivity index (χ2v) is 7.75. The van der Waals surface area contributed by atoms with Gasteiger partial charge >= 0.3 is 0 Å². The van der Waals surface area contributed by atoms with Gasteiger partial charge in [0.15, 0.2) is 0 Å². The van der Waals surface area contributed by atoms with Crippen molar-refractivity contribution in [1.29, 1.82) is 0 Å². The van der Waals surface area contributed by atoms with Crippen molar-refractivity contribution in [2.24, 2.45) is 0 Å². The Hall–Kier alpha value is -3.38. The van der Waals surface area contributed by atoms with Gasteiger partial charge in [0.2, 0.25) is 11.8 Å². The number of amides is 1. The van der Waals surface area contributed by atoms with Gasteiger partial charge in [-0.2, -0.15) is 11.8 Å². The van der Waals surface area contributed by atoms with Crippen LogP contribution in [0.2, 0.25) is 0 Å². The minimum Gasteiger partial charge on any atom is -0.416 e. The van der Waals surface area contributed by atoms with Crippen LogP contribution in [0, 0.1) is 0 Å². The van der Waals surface area contributed by atoms with E-state index in [1.807, 2.05) is 60.7 Å². The number of thioether (sulfide) groups is 1. The highest BCUT2D eigenvalue weighted by Crippen LogP contribution is 2.23. The van der Waals surface area contributed by atoms with Crippen LogP contribution in [0.5, 0.6) is 0 Å². The second kappa shape index (κ2) is 9.89. The number of benzene rings is 3. The van der Waals surface area contributed by atoms with Gasteiger partial charge in [-0.15, -0.1) is 10.2 Å². The number of hydrogen-bond acceptors (Lipinski definition) is 5. The largest absolute Gasteiger partial charge is 0.416 e. The van der Waals surface area contributed by atoms with Crippen LogP contribution >= 0.6 is 11.8 Å². The highest BCUT2D eigenvalue weighted by molar-refractivity contribution is 7.98. The van der Waals surface area contributed by atoms with Gasteiger partial charge in [-0.25, -0.2) is 0 Å². The van der Waals surface area contributed by atoms with Crippen molar-refractivity contribution in [2.45, 2.75) is 5.75 Å². The van der Waals surface area contributed by atoms with Crippen LogP contribution in [0.15, 0.2) is 89.3 Å². The third kappa shape index (κ3) is 5.15. The van der Waals surface area contributed by atoms with E-state index in [4.69, 9.17) is 4.42 Å². The number of aromatic nitrogens is 2. The molecule has 0 saturated heterocycles. The Morgan fingerprint density at radius 2 is 1.40 bits per heavy atom. The highest BCUT2D eigenvalue weighted by Gasteiger charge is 2.11. The van der Waals surface area contributed by atoms with Crippen LogP contribution in [-0.4, -0.2) is 28.4 Å². The molecule has 30 heavy (non-hydrogen) atoms. The van der Waals surface area contributed by atoms with Crippen molar-refractivity contribution in [3.8, 4) is 22.9 Å². The third-order valence-corrected chi connectivity index (χ3v) is 5.51. The highest BCUT2D eigenvalue weighted by atomic mass is 32.2. The maximum atomic E-state index is 12.3. The van der Waals surface area contributed by atoms with Gasteiger partial charge in [0.05, 0.1) is 0 Å². The zero-order chi connectivity index (χ0) is 20.6.